The number of hydrogen-bond donors (Lipinski definition) is 1. The molecule has 1 heterocycles. The third-order valence-corrected chi connectivity index (χ3v) is 3.59. The summed E-state index contributed by atoms with van der Waals surface area (Å²) < 4.78 is 4.68. The van der Waals surface area contributed by atoms with E-state index in [0.29, 0.717) is 11.6 Å². The van der Waals surface area contributed by atoms with Crippen LogP contribution < -0.4 is 5.32 Å². The molecule has 0 radical (unpaired) electrons. The molecule has 0 saturated carbocycles. The first-order chi connectivity index (χ1) is 9.19. The second-order valence-electron chi connectivity index (χ2n) is 5.17. The number of esters is 1. The van der Waals surface area contributed by atoms with Crippen LogP contribution in [0.5, 0.6) is 0 Å². The second-order valence-corrected chi connectivity index (χ2v) is 5.17. The van der Waals surface area contributed by atoms with Crippen molar-refractivity contribution in [2.45, 2.75) is 25.4 Å². The van der Waals surface area contributed by atoms with Crippen molar-refractivity contribution in [3.8, 4) is 0 Å². The molecule has 0 amide bonds. The topological polar surface area (TPSA) is 41.6 Å². The molecular formula is C15H22N2O2. The van der Waals surface area contributed by atoms with Crippen LogP contribution in [0.4, 0.5) is 0 Å². The van der Waals surface area contributed by atoms with E-state index in [1.54, 1.807) is 0 Å². The Kier molecular flexibility index (Phi) is 4.93. The van der Waals surface area contributed by atoms with Gasteiger partial charge in [0.25, 0.3) is 0 Å². The van der Waals surface area contributed by atoms with Crippen molar-refractivity contribution in [3.05, 3.63) is 35.4 Å². The molecule has 0 aromatic heterocycles. The third kappa shape index (κ3) is 4.04. The summed E-state index contributed by atoms with van der Waals surface area (Å²) in [7, 11) is 3.57. The summed E-state index contributed by atoms with van der Waals surface area (Å²) in [6.45, 7) is 3.16. The molecule has 0 aliphatic carbocycles. The number of nitrogens with one attached hydrogen (secondary N) is 1. The van der Waals surface area contributed by atoms with Gasteiger partial charge in [0.05, 0.1) is 12.7 Å². The quantitative estimate of drug-likeness (QED) is 0.838. The largest absolute Gasteiger partial charge is 0.465 e. The van der Waals surface area contributed by atoms with Crippen molar-refractivity contribution in [1.29, 1.82) is 0 Å². The van der Waals surface area contributed by atoms with E-state index in [-0.39, 0.29) is 5.97 Å². The number of piperidine rings is 1. The van der Waals surface area contributed by atoms with Gasteiger partial charge in [-0.3, -0.25) is 0 Å². The highest BCUT2D eigenvalue weighted by atomic mass is 16.5. The highest BCUT2D eigenvalue weighted by Crippen LogP contribution is 2.10. The maximum absolute atomic E-state index is 11.3. The first kappa shape index (κ1) is 14.0. The van der Waals surface area contributed by atoms with Crippen LogP contribution in [-0.2, 0) is 11.3 Å². The Morgan fingerprint density at radius 1 is 1.42 bits per heavy atom. The van der Waals surface area contributed by atoms with E-state index in [2.05, 4.69) is 22.0 Å². The van der Waals surface area contributed by atoms with Gasteiger partial charge in [-0.05, 0) is 44.1 Å². The molecule has 0 bridgehead atoms. The molecule has 1 fully saturated rings. The molecule has 1 aromatic carbocycles. The van der Waals surface area contributed by atoms with E-state index < -0.39 is 0 Å². The Labute approximate surface area is 114 Å². The first-order valence-corrected chi connectivity index (χ1v) is 6.78. The lowest BCUT2D eigenvalue weighted by Gasteiger charge is -2.30. The highest BCUT2D eigenvalue weighted by molar-refractivity contribution is 5.89. The molecule has 104 valence electrons. The van der Waals surface area contributed by atoms with Crippen LogP contribution in [0.15, 0.2) is 24.3 Å². The lowest BCUT2D eigenvalue weighted by Crippen LogP contribution is -2.43. The van der Waals surface area contributed by atoms with Gasteiger partial charge in [-0.15, -0.1) is 0 Å². The Bertz CT molecular complexity index is 417. The average molecular weight is 262 g/mol. The molecule has 19 heavy (non-hydrogen) atoms. The van der Waals surface area contributed by atoms with Crippen LogP contribution in [0.25, 0.3) is 0 Å². The van der Waals surface area contributed by atoms with Crippen molar-refractivity contribution in [1.82, 2.24) is 10.2 Å². The van der Waals surface area contributed by atoms with Gasteiger partial charge in [0.2, 0.25) is 0 Å². The van der Waals surface area contributed by atoms with E-state index in [1.165, 1.54) is 32.1 Å². The van der Waals surface area contributed by atoms with Crippen LogP contribution in [-0.4, -0.2) is 44.2 Å². The fourth-order valence-corrected chi connectivity index (χ4v) is 2.47. The molecule has 1 aliphatic heterocycles. The number of likely N-dealkylation sites (tertiary alicyclic amines) is 1. The smallest absolute Gasteiger partial charge is 0.337 e. The van der Waals surface area contributed by atoms with Gasteiger partial charge in [0.15, 0.2) is 0 Å². The summed E-state index contributed by atoms with van der Waals surface area (Å²) in [6, 6.07) is 8.16. The number of benzene rings is 1. The SMILES string of the molecule is COC(=O)c1ccc(CNC2CCCN(C)C2)cc1. The van der Waals surface area contributed by atoms with Gasteiger partial charge >= 0.3 is 5.97 Å². The van der Waals surface area contributed by atoms with Crippen LogP contribution in [0.3, 0.4) is 0 Å². The molecule has 2 rings (SSSR count). The van der Waals surface area contributed by atoms with Gasteiger partial charge in [-0.1, -0.05) is 12.1 Å². The summed E-state index contributed by atoms with van der Waals surface area (Å²) in [4.78, 5) is 13.7. The van der Waals surface area contributed by atoms with Crippen molar-refractivity contribution in [3.63, 3.8) is 0 Å². The maximum atomic E-state index is 11.3. The monoisotopic (exact) mass is 262 g/mol. The fraction of sp³-hybridized carbons (Fsp3) is 0.533. The van der Waals surface area contributed by atoms with Crippen molar-refractivity contribution < 1.29 is 9.53 Å². The number of carbonyl (C=O) groups is 1. The van der Waals surface area contributed by atoms with E-state index in [9.17, 15) is 4.79 Å². The predicted molar refractivity (Wildman–Crippen MR) is 75.1 cm³/mol. The summed E-state index contributed by atoms with van der Waals surface area (Å²) >= 11 is 0. The van der Waals surface area contributed by atoms with Crippen LogP contribution in [0, 0.1) is 0 Å². The van der Waals surface area contributed by atoms with Crippen LogP contribution in [0.2, 0.25) is 0 Å². The first-order valence-electron chi connectivity index (χ1n) is 6.78. The van der Waals surface area contributed by atoms with Gasteiger partial charge in [0, 0.05) is 19.1 Å². The minimum absolute atomic E-state index is 0.284. The molecule has 1 aromatic rings. The zero-order valence-electron chi connectivity index (χ0n) is 11.7. The van der Waals surface area contributed by atoms with Gasteiger partial charge < -0.3 is 15.0 Å². The molecule has 1 saturated heterocycles. The summed E-state index contributed by atoms with van der Waals surface area (Å²) in [6.07, 6.45) is 2.50. The molecule has 1 unspecified atom stereocenters. The Balaban J connectivity index is 1.84. The molecule has 1 aliphatic rings. The Hall–Kier alpha value is -1.39. The number of rotatable bonds is 4. The zero-order valence-corrected chi connectivity index (χ0v) is 11.7. The number of ether oxygens (including phenoxy) is 1. The van der Waals surface area contributed by atoms with E-state index in [1.807, 2.05) is 24.3 Å². The zero-order chi connectivity index (χ0) is 13.7. The van der Waals surface area contributed by atoms with Gasteiger partial charge in [-0.25, -0.2) is 4.79 Å². The van der Waals surface area contributed by atoms with Crippen LogP contribution in [0.1, 0.15) is 28.8 Å². The van der Waals surface area contributed by atoms with E-state index in [4.69, 9.17) is 0 Å². The number of likely N-dealkylation sites (N-methyl/N-ethyl adjacent to an activating group) is 1. The van der Waals surface area contributed by atoms with Gasteiger partial charge in [-0.2, -0.15) is 0 Å². The predicted octanol–water partition coefficient (Wildman–Crippen LogP) is 1.66. The minimum atomic E-state index is -0.284. The van der Waals surface area contributed by atoms with Crippen molar-refractivity contribution in [2.75, 3.05) is 27.2 Å². The number of carbonyl (C=O) groups excluding carboxylic acids is 1. The normalized spacial score (nSPS) is 20.2. The summed E-state index contributed by atoms with van der Waals surface area (Å²) in [5, 5.41) is 3.57. The highest BCUT2D eigenvalue weighted by Gasteiger charge is 2.16. The molecule has 1 atom stereocenters. The van der Waals surface area contributed by atoms with E-state index in [0.717, 1.165) is 13.1 Å². The average Bonchev–Trinajstić information content (AvgIpc) is 2.45. The lowest BCUT2D eigenvalue weighted by atomic mass is 10.1. The van der Waals surface area contributed by atoms with Crippen molar-refractivity contribution in [2.24, 2.45) is 0 Å². The fourth-order valence-electron chi connectivity index (χ4n) is 2.47. The second kappa shape index (κ2) is 6.68. The van der Waals surface area contributed by atoms with Crippen molar-refractivity contribution >= 4 is 5.97 Å². The molecular weight excluding hydrogens is 240 g/mol. The maximum Gasteiger partial charge on any atom is 0.337 e. The number of hydrogen-bond acceptors (Lipinski definition) is 4. The minimum Gasteiger partial charge on any atom is -0.465 e. The standard InChI is InChI=1S/C15H22N2O2/c1-17-9-3-4-14(11-17)16-10-12-5-7-13(8-6-12)15(18)19-2/h5-8,14,16H,3-4,9-11H2,1-2H3. The molecule has 0 spiro atoms. The summed E-state index contributed by atoms with van der Waals surface area (Å²) in [5.41, 5.74) is 1.80. The lowest BCUT2D eigenvalue weighted by molar-refractivity contribution is 0.0600. The Morgan fingerprint density at radius 3 is 2.79 bits per heavy atom. The van der Waals surface area contributed by atoms with Crippen LogP contribution >= 0.6 is 0 Å². The van der Waals surface area contributed by atoms with Gasteiger partial charge in [0.1, 0.15) is 0 Å². The van der Waals surface area contributed by atoms with E-state index >= 15 is 0 Å². The number of methoxy groups -OCH3 is 1. The Morgan fingerprint density at radius 2 is 2.16 bits per heavy atom. The number of nitrogens with zero attached hydrogens (tertiary/aromatic N) is 1. The summed E-state index contributed by atoms with van der Waals surface area (Å²) in [5.74, 6) is -0.284. The third-order valence-electron chi connectivity index (χ3n) is 3.59. The molecule has 4 nitrogen and oxygen atoms in total. The molecule has 1 N–H and O–H groups in total. The molecule has 4 heteroatoms.